The average Bonchev–Trinajstić information content (AvgIpc) is 2.89. The molecule has 2 unspecified atom stereocenters. The number of nitrogens with zero attached hydrogens (tertiary/aromatic N) is 1. The first-order valence-corrected chi connectivity index (χ1v) is 6.50. The molecule has 0 aromatic carbocycles. The van der Waals surface area contributed by atoms with Gasteiger partial charge < -0.3 is 10.6 Å². The van der Waals surface area contributed by atoms with Crippen LogP contribution in [0.3, 0.4) is 0 Å². The highest BCUT2D eigenvalue weighted by molar-refractivity contribution is 5.78. The Hall–Kier alpha value is -0.610. The van der Waals surface area contributed by atoms with Crippen LogP contribution in [0.1, 0.15) is 32.6 Å². The summed E-state index contributed by atoms with van der Waals surface area (Å²) >= 11 is 0. The number of hydrogen-bond acceptors (Lipinski definition) is 3. The second-order valence-electron chi connectivity index (χ2n) is 5.05. The van der Waals surface area contributed by atoms with Crippen molar-refractivity contribution in [2.75, 3.05) is 26.2 Å². The van der Waals surface area contributed by atoms with Gasteiger partial charge in [0.05, 0.1) is 0 Å². The van der Waals surface area contributed by atoms with Crippen LogP contribution in [0.4, 0.5) is 0 Å². The lowest BCUT2D eigenvalue weighted by molar-refractivity contribution is -0.119. The Labute approximate surface area is 97.8 Å². The lowest BCUT2D eigenvalue weighted by Crippen LogP contribution is -2.42. The van der Waals surface area contributed by atoms with E-state index in [-0.39, 0.29) is 5.91 Å². The number of amides is 1. The van der Waals surface area contributed by atoms with Crippen molar-refractivity contribution in [1.82, 2.24) is 15.5 Å². The van der Waals surface area contributed by atoms with Crippen LogP contribution in [0, 0.1) is 0 Å². The van der Waals surface area contributed by atoms with Crippen LogP contribution in [-0.4, -0.2) is 49.1 Å². The SMILES string of the molecule is CC(CNCC1CCC(=O)N1)N1CCCC1. The van der Waals surface area contributed by atoms with Crippen molar-refractivity contribution in [3.63, 3.8) is 0 Å². The number of nitrogens with one attached hydrogen (secondary N) is 2. The van der Waals surface area contributed by atoms with Crippen LogP contribution < -0.4 is 10.6 Å². The Bertz CT molecular complexity index is 238. The predicted molar refractivity (Wildman–Crippen MR) is 64.3 cm³/mol. The molecule has 4 heteroatoms. The zero-order valence-corrected chi connectivity index (χ0v) is 10.2. The molecule has 2 aliphatic heterocycles. The maximum absolute atomic E-state index is 11.0. The molecule has 0 aromatic heterocycles. The summed E-state index contributed by atoms with van der Waals surface area (Å²) in [5.41, 5.74) is 0. The standard InChI is InChI=1S/C12H23N3O/c1-10(15-6-2-3-7-15)8-13-9-11-4-5-12(16)14-11/h10-11,13H,2-9H2,1H3,(H,14,16). The van der Waals surface area contributed by atoms with Crippen LogP contribution in [0.15, 0.2) is 0 Å². The van der Waals surface area contributed by atoms with E-state index in [1.807, 2.05) is 0 Å². The molecule has 2 aliphatic rings. The van der Waals surface area contributed by atoms with E-state index in [1.165, 1.54) is 25.9 Å². The first kappa shape index (κ1) is 11.9. The Kier molecular flexibility index (Phi) is 4.18. The van der Waals surface area contributed by atoms with Crippen molar-refractivity contribution >= 4 is 5.91 Å². The van der Waals surface area contributed by atoms with Crippen molar-refractivity contribution in [1.29, 1.82) is 0 Å². The molecule has 4 nitrogen and oxygen atoms in total. The molecule has 0 spiro atoms. The predicted octanol–water partition coefficient (Wildman–Crippen LogP) is 0.339. The molecule has 92 valence electrons. The highest BCUT2D eigenvalue weighted by Crippen LogP contribution is 2.11. The number of carbonyl (C=O) groups is 1. The zero-order valence-electron chi connectivity index (χ0n) is 10.2. The molecule has 0 aromatic rings. The van der Waals surface area contributed by atoms with Crippen LogP contribution >= 0.6 is 0 Å². The van der Waals surface area contributed by atoms with E-state index < -0.39 is 0 Å². The fraction of sp³-hybridized carbons (Fsp3) is 0.917. The fourth-order valence-corrected chi connectivity index (χ4v) is 2.61. The molecule has 16 heavy (non-hydrogen) atoms. The molecule has 0 radical (unpaired) electrons. The summed E-state index contributed by atoms with van der Waals surface area (Å²) < 4.78 is 0. The molecule has 1 amide bonds. The monoisotopic (exact) mass is 225 g/mol. The van der Waals surface area contributed by atoms with Crippen molar-refractivity contribution in [2.24, 2.45) is 0 Å². The van der Waals surface area contributed by atoms with Gasteiger partial charge in [0.15, 0.2) is 0 Å². The van der Waals surface area contributed by atoms with Crippen LogP contribution in [0.25, 0.3) is 0 Å². The second kappa shape index (κ2) is 5.64. The largest absolute Gasteiger partial charge is 0.352 e. The molecule has 2 heterocycles. The summed E-state index contributed by atoms with van der Waals surface area (Å²) in [7, 11) is 0. The first-order chi connectivity index (χ1) is 7.75. The average molecular weight is 225 g/mol. The maximum Gasteiger partial charge on any atom is 0.220 e. The topological polar surface area (TPSA) is 44.4 Å². The summed E-state index contributed by atoms with van der Waals surface area (Å²) in [5.74, 6) is 0.208. The summed E-state index contributed by atoms with van der Waals surface area (Å²) in [5, 5.41) is 6.45. The molecule has 2 saturated heterocycles. The maximum atomic E-state index is 11.0. The van der Waals surface area contributed by atoms with E-state index in [1.54, 1.807) is 0 Å². The number of likely N-dealkylation sites (tertiary alicyclic amines) is 1. The number of carbonyl (C=O) groups excluding carboxylic acids is 1. The highest BCUT2D eigenvalue weighted by atomic mass is 16.1. The first-order valence-electron chi connectivity index (χ1n) is 6.50. The highest BCUT2D eigenvalue weighted by Gasteiger charge is 2.21. The van der Waals surface area contributed by atoms with Gasteiger partial charge in [0.25, 0.3) is 0 Å². The number of hydrogen-bond donors (Lipinski definition) is 2. The van der Waals surface area contributed by atoms with E-state index >= 15 is 0 Å². The summed E-state index contributed by atoms with van der Waals surface area (Å²) in [6, 6.07) is 0.984. The summed E-state index contributed by atoms with van der Waals surface area (Å²) in [6.07, 6.45) is 4.39. The molecule has 0 aliphatic carbocycles. The fourth-order valence-electron chi connectivity index (χ4n) is 2.61. The molecule has 0 saturated carbocycles. The van der Waals surface area contributed by atoms with Crippen molar-refractivity contribution in [3.05, 3.63) is 0 Å². The second-order valence-corrected chi connectivity index (χ2v) is 5.05. The van der Waals surface area contributed by atoms with Crippen molar-refractivity contribution in [3.8, 4) is 0 Å². The van der Waals surface area contributed by atoms with Gasteiger partial charge in [-0.2, -0.15) is 0 Å². The summed E-state index contributed by atoms with van der Waals surface area (Å²) in [6.45, 7) is 6.74. The molecular weight excluding hydrogens is 202 g/mol. The van der Waals surface area contributed by atoms with Gasteiger partial charge in [-0.25, -0.2) is 0 Å². The third-order valence-corrected chi connectivity index (χ3v) is 3.68. The lowest BCUT2D eigenvalue weighted by Gasteiger charge is -2.24. The quantitative estimate of drug-likeness (QED) is 0.709. The third kappa shape index (κ3) is 3.19. The molecule has 2 atom stereocenters. The molecule has 0 bridgehead atoms. The van der Waals surface area contributed by atoms with Gasteiger partial charge in [-0.05, 0) is 39.3 Å². The third-order valence-electron chi connectivity index (χ3n) is 3.68. The van der Waals surface area contributed by atoms with Gasteiger partial charge in [-0.3, -0.25) is 9.69 Å². The Balaban J connectivity index is 1.58. The van der Waals surface area contributed by atoms with E-state index in [0.29, 0.717) is 18.5 Å². The molecule has 2 N–H and O–H groups in total. The van der Waals surface area contributed by atoms with Gasteiger partial charge in [0.2, 0.25) is 5.91 Å². The van der Waals surface area contributed by atoms with Gasteiger partial charge in [-0.1, -0.05) is 0 Å². The van der Waals surface area contributed by atoms with E-state index in [9.17, 15) is 4.79 Å². The Morgan fingerprint density at radius 1 is 1.50 bits per heavy atom. The Morgan fingerprint density at radius 2 is 2.25 bits per heavy atom. The van der Waals surface area contributed by atoms with Crippen molar-refractivity contribution in [2.45, 2.75) is 44.7 Å². The van der Waals surface area contributed by atoms with Gasteiger partial charge in [0.1, 0.15) is 0 Å². The minimum atomic E-state index is 0.208. The van der Waals surface area contributed by atoms with Crippen LogP contribution in [-0.2, 0) is 4.79 Å². The summed E-state index contributed by atoms with van der Waals surface area (Å²) in [4.78, 5) is 13.6. The Morgan fingerprint density at radius 3 is 2.88 bits per heavy atom. The van der Waals surface area contributed by atoms with Gasteiger partial charge >= 0.3 is 0 Å². The zero-order chi connectivity index (χ0) is 11.4. The van der Waals surface area contributed by atoms with Gasteiger partial charge in [0, 0.05) is 31.6 Å². The minimum Gasteiger partial charge on any atom is -0.352 e. The smallest absolute Gasteiger partial charge is 0.220 e. The van der Waals surface area contributed by atoms with Crippen LogP contribution in [0.2, 0.25) is 0 Å². The molecule has 2 fully saturated rings. The molecule has 2 rings (SSSR count). The lowest BCUT2D eigenvalue weighted by atomic mass is 10.2. The molecular formula is C12H23N3O. The normalized spacial score (nSPS) is 28.3. The van der Waals surface area contributed by atoms with Crippen molar-refractivity contribution < 1.29 is 4.79 Å². The minimum absolute atomic E-state index is 0.208. The van der Waals surface area contributed by atoms with E-state index in [4.69, 9.17) is 0 Å². The van der Waals surface area contributed by atoms with Crippen LogP contribution in [0.5, 0.6) is 0 Å². The van der Waals surface area contributed by atoms with E-state index in [2.05, 4.69) is 22.5 Å². The van der Waals surface area contributed by atoms with Gasteiger partial charge in [-0.15, -0.1) is 0 Å². The van der Waals surface area contributed by atoms with E-state index in [0.717, 1.165) is 19.5 Å². The number of rotatable bonds is 5.